The first-order valence-corrected chi connectivity index (χ1v) is 22.7. The van der Waals surface area contributed by atoms with E-state index in [0.717, 1.165) is 38.5 Å². The van der Waals surface area contributed by atoms with Gasteiger partial charge in [0, 0.05) is 12.8 Å². The summed E-state index contributed by atoms with van der Waals surface area (Å²) in [6.45, 7) is 4.15. The Hall–Kier alpha value is -1.36. The van der Waals surface area contributed by atoms with Crippen LogP contribution in [0.2, 0.25) is 0 Å². The van der Waals surface area contributed by atoms with Gasteiger partial charge in [-0.25, -0.2) is 0 Å². The van der Waals surface area contributed by atoms with Gasteiger partial charge >= 0.3 is 11.9 Å². The molecule has 5 nitrogen and oxygen atoms in total. The molecule has 0 aliphatic heterocycles. The highest BCUT2D eigenvalue weighted by Crippen LogP contribution is 2.16. The number of esters is 2. The molecule has 0 aromatic rings. The van der Waals surface area contributed by atoms with Gasteiger partial charge in [0.25, 0.3) is 0 Å². The van der Waals surface area contributed by atoms with Gasteiger partial charge in [0.2, 0.25) is 0 Å². The molecule has 0 heterocycles. The van der Waals surface area contributed by atoms with Crippen LogP contribution in [0.3, 0.4) is 0 Å². The van der Waals surface area contributed by atoms with E-state index in [4.69, 9.17) is 9.47 Å². The Bertz CT molecular complexity index is 735. The minimum atomic E-state index is -0.780. The number of hydrogen-bond donors (Lipinski definition) is 1. The zero-order valence-corrected chi connectivity index (χ0v) is 34.4. The molecule has 0 saturated heterocycles. The lowest BCUT2D eigenvalue weighted by Crippen LogP contribution is -2.28. The third-order valence-corrected chi connectivity index (χ3v) is 10.3. The van der Waals surface area contributed by atoms with Crippen molar-refractivity contribution >= 4 is 11.9 Å². The molecule has 0 radical (unpaired) electrons. The summed E-state index contributed by atoms with van der Waals surface area (Å²) in [5, 5.41) is 9.57. The molecule has 0 rings (SSSR count). The minimum absolute atomic E-state index is 0.0705. The van der Waals surface area contributed by atoms with Crippen LogP contribution in [0.15, 0.2) is 12.2 Å². The van der Waals surface area contributed by atoms with E-state index < -0.39 is 6.10 Å². The molecule has 0 aromatic heterocycles. The molecular formula is C46H88O5. The van der Waals surface area contributed by atoms with Gasteiger partial charge in [0.15, 0.2) is 6.10 Å². The highest BCUT2D eigenvalue weighted by molar-refractivity contribution is 5.70. The first-order valence-electron chi connectivity index (χ1n) is 22.7. The average molecular weight is 721 g/mol. The summed E-state index contributed by atoms with van der Waals surface area (Å²) in [4.78, 5) is 24.3. The van der Waals surface area contributed by atoms with E-state index in [1.54, 1.807) is 0 Å². The molecule has 0 unspecified atom stereocenters. The first kappa shape index (κ1) is 49.6. The normalized spacial score (nSPS) is 12.1. The Morgan fingerprint density at radius 2 is 0.745 bits per heavy atom. The second-order valence-electron chi connectivity index (χ2n) is 15.5. The molecule has 0 bridgehead atoms. The van der Waals surface area contributed by atoms with E-state index in [2.05, 4.69) is 26.0 Å². The van der Waals surface area contributed by atoms with Crippen molar-refractivity contribution in [3.05, 3.63) is 12.2 Å². The zero-order chi connectivity index (χ0) is 37.1. The van der Waals surface area contributed by atoms with Crippen molar-refractivity contribution < 1.29 is 24.2 Å². The van der Waals surface area contributed by atoms with Crippen molar-refractivity contribution in [2.24, 2.45) is 0 Å². The van der Waals surface area contributed by atoms with Crippen molar-refractivity contribution in [2.75, 3.05) is 13.2 Å². The van der Waals surface area contributed by atoms with Crippen molar-refractivity contribution in [3.63, 3.8) is 0 Å². The van der Waals surface area contributed by atoms with Gasteiger partial charge in [-0.3, -0.25) is 9.59 Å². The van der Waals surface area contributed by atoms with Crippen molar-refractivity contribution in [1.82, 2.24) is 0 Å². The lowest BCUT2D eigenvalue weighted by atomic mass is 10.0. The van der Waals surface area contributed by atoms with Crippen molar-refractivity contribution in [2.45, 2.75) is 258 Å². The lowest BCUT2D eigenvalue weighted by molar-refractivity contribution is -0.161. The largest absolute Gasteiger partial charge is 0.462 e. The van der Waals surface area contributed by atoms with Crippen LogP contribution >= 0.6 is 0 Å². The van der Waals surface area contributed by atoms with Crippen LogP contribution in [0, 0.1) is 0 Å². The second kappa shape index (κ2) is 43.0. The molecule has 5 heteroatoms. The highest BCUT2D eigenvalue weighted by Gasteiger charge is 2.16. The smallest absolute Gasteiger partial charge is 0.306 e. The number of ether oxygens (including phenoxy) is 2. The summed E-state index contributed by atoms with van der Waals surface area (Å²) < 4.78 is 10.6. The van der Waals surface area contributed by atoms with Crippen molar-refractivity contribution in [1.29, 1.82) is 0 Å². The van der Waals surface area contributed by atoms with E-state index in [0.29, 0.717) is 12.8 Å². The average Bonchev–Trinajstić information content (AvgIpc) is 3.13. The Morgan fingerprint density at radius 1 is 0.431 bits per heavy atom. The van der Waals surface area contributed by atoms with Crippen molar-refractivity contribution in [3.8, 4) is 0 Å². The van der Waals surface area contributed by atoms with E-state index in [9.17, 15) is 14.7 Å². The maximum absolute atomic E-state index is 12.2. The van der Waals surface area contributed by atoms with Crippen LogP contribution in [0.1, 0.15) is 251 Å². The molecule has 0 fully saturated rings. The molecule has 0 aliphatic carbocycles. The summed E-state index contributed by atoms with van der Waals surface area (Å²) in [5.74, 6) is -0.614. The number of hydrogen-bond acceptors (Lipinski definition) is 5. The second-order valence-corrected chi connectivity index (χ2v) is 15.5. The Morgan fingerprint density at radius 3 is 1.12 bits per heavy atom. The number of unbranched alkanes of at least 4 members (excludes halogenated alkanes) is 32. The predicted molar refractivity (Wildman–Crippen MR) is 219 cm³/mol. The van der Waals surface area contributed by atoms with Gasteiger partial charge in [-0.2, -0.15) is 0 Å². The topological polar surface area (TPSA) is 72.8 Å². The van der Waals surface area contributed by atoms with E-state index in [1.807, 2.05) is 0 Å². The van der Waals surface area contributed by atoms with Crippen LogP contribution in [0.25, 0.3) is 0 Å². The summed E-state index contributed by atoms with van der Waals surface area (Å²) in [6.07, 6.45) is 50.1. The van der Waals surface area contributed by atoms with Crippen LogP contribution in [-0.2, 0) is 19.1 Å². The predicted octanol–water partition coefficient (Wildman–Crippen LogP) is 14.5. The third-order valence-electron chi connectivity index (χ3n) is 10.3. The summed E-state index contributed by atoms with van der Waals surface area (Å²) >= 11 is 0. The molecule has 1 N–H and O–H groups in total. The fourth-order valence-corrected chi connectivity index (χ4v) is 6.85. The molecule has 0 aliphatic rings. The number of carbonyl (C=O) groups excluding carboxylic acids is 2. The van der Waals surface area contributed by atoms with Crippen LogP contribution < -0.4 is 0 Å². The Labute approximate surface area is 318 Å². The quantitative estimate of drug-likeness (QED) is 0.0386. The van der Waals surface area contributed by atoms with Crippen LogP contribution in [-0.4, -0.2) is 36.4 Å². The van der Waals surface area contributed by atoms with Crippen LogP contribution in [0.4, 0.5) is 0 Å². The standard InChI is InChI=1S/C46H88O5/c1-3-5-7-9-11-13-15-17-19-20-21-22-23-24-25-26-27-29-31-33-35-37-39-41-46(49)51-44(42-47)43-50-45(48)40-38-36-34-32-30-28-18-16-14-12-10-8-6-4-2/h33,35,44,47H,3-32,34,36-43H2,1-2H3/b35-33+/t44-/m0/s1. The molecule has 0 amide bonds. The Balaban J connectivity index is 3.49. The maximum atomic E-state index is 12.2. The third kappa shape index (κ3) is 41.3. The molecular weight excluding hydrogens is 633 g/mol. The highest BCUT2D eigenvalue weighted by atomic mass is 16.6. The minimum Gasteiger partial charge on any atom is -0.462 e. The molecule has 0 aromatic carbocycles. The number of rotatable bonds is 42. The van der Waals surface area contributed by atoms with Gasteiger partial charge in [0.1, 0.15) is 6.61 Å². The van der Waals surface area contributed by atoms with Gasteiger partial charge in [-0.15, -0.1) is 0 Å². The van der Waals surface area contributed by atoms with E-state index in [-0.39, 0.29) is 25.2 Å². The first-order chi connectivity index (χ1) is 25.1. The van der Waals surface area contributed by atoms with Crippen LogP contribution in [0.5, 0.6) is 0 Å². The molecule has 51 heavy (non-hydrogen) atoms. The molecule has 0 saturated carbocycles. The van der Waals surface area contributed by atoms with E-state index in [1.165, 1.54) is 186 Å². The zero-order valence-electron chi connectivity index (χ0n) is 34.4. The molecule has 0 spiro atoms. The number of aliphatic hydroxyl groups excluding tert-OH is 1. The molecule has 1 atom stereocenters. The van der Waals surface area contributed by atoms with E-state index >= 15 is 0 Å². The number of carbonyl (C=O) groups is 2. The van der Waals surface area contributed by atoms with Gasteiger partial charge in [-0.1, -0.05) is 219 Å². The van der Waals surface area contributed by atoms with Gasteiger partial charge in [-0.05, 0) is 32.1 Å². The number of allylic oxidation sites excluding steroid dienone is 2. The number of aliphatic hydroxyl groups is 1. The lowest BCUT2D eigenvalue weighted by Gasteiger charge is -2.15. The fraction of sp³-hybridized carbons (Fsp3) is 0.913. The summed E-state index contributed by atoms with van der Waals surface area (Å²) in [6, 6.07) is 0. The van der Waals surface area contributed by atoms with Gasteiger partial charge < -0.3 is 14.6 Å². The molecule has 302 valence electrons. The fourth-order valence-electron chi connectivity index (χ4n) is 6.85. The SMILES string of the molecule is CCCCCCCCCCCCCCCCCCCC/C=C/CCCC(=O)O[C@@H](CO)COC(=O)CCCCCCCCCCCCCCCC. The monoisotopic (exact) mass is 721 g/mol. The maximum Gasteiger partial charge on any atom is 0.306 e. The Kier molecular flexibility index (Phi) is 41.9. The van der Waals surface area contributed by atoms with Gasteiger partial charge in [0.05, 0.1) is 6.61 Å². The summed E-state index contributed by atoms with van der Waals surface area (Å²) in [7, 11) is 0. The summed E-state index contributed by atoms with van der Waals surface area (Å²) in [5.41, 5.74) is 0.